The van der Waals surface area contributed by atoms with Crippen LogP contribution in [0.2, 0.25) is 0 Å². The normalized spacial score (nSPS) is 22.4. The molecule has 0 radical (unpaired) electrons. The molecule has 0 aromatic rings. The Kier molecular flexibility index (Phi) is 13.3. The summed E-state index contributed by atoms with van der Waals surface area (Å²) in [4.78, 5) is 0. The average Bonchev–Trinajstić information content (AvgIpc) is 1.62. The minimum Gasteiger partial charge on any atom is -1.00 e. The third-order valence-electron chi connectivity index (χ3n) is 1.37. The van der Waals surface area contributed by atoms with Gasteiger partial charge in [-0.1, -0.05) is 24.3 Å². The standard InChI is InChI=1S/C8H12.HI.Ir/c1-2-4-6-8-7-5-3-1;;/h1-4H,5-8H2;1H;/q;;+3/p-1/b3-1-,4-2-;;. The van der Waals surface area contributed by atoms with E-state index in [0.29, 0.717) is 0 Å². The zero-order chi connectivity index (χ0) is 5.66. The Labute approximate surface area is 93.5 Å². The molecule has 0 amide bonds. The van der Waals surface area contributed by atoms with E-state index in [1.54, 1.807) is 0 Å². The van der Waals surface area contributed by atoms with Crippen LogP contribution in [0.3, 0.4) is 0 Å². The molecule has 0 saturated carbocycles. The second kappa shape index (κ2) is 9.86. The van der Waals surface area contributed by atoms with Gasteiger partial charge < -0.3 is 24.0 Å². The summed E-state index contributed by atoms with van der Waals surface area (Å²) < 4.78 is 0. The summed E-state index contributed by atoms with van der Waals surface area (Å²) in [6.07, 6.45) is 14.0. The summed E-state index contributed by atoms with van der Waals surface area (Å²) in [6.45, 7) is 0. The van der Waals surface area contributed by atoms with Gasteiger partial charge in [0.15, 0.2) is 0 Å². The van der Waals surface area contributed by atoms with Crippen molar-refractivity contribution < 1.29 is 44.1 Å². The second-order valence-corrected chi connectivity index (χ2v) is 2.14. The maximum absolute atomic E-state index is 2.23. The monoisotopic (exact) mass is 428 g/mol. The molecule has 0 aromatic carbocycles. The van der Waals surface area contributed by atoms with E-state index in [0.717, 1.165) is 0 Å². The van der Waals surface area contributed by atoms with E-state index in [1.165, 1.54) is 25.7 Å². The molecule has 0 unspecified atom stereocenters. The first-order chi connectivity index (χ1) is 4.00. The summed E-state index contributed by atoms with van der Waals surface area (Å²) in [7, 11) is 0. The SMILES string of the molecule is C1=C\CCCC\C=C/1.[I-].[Ir+3]. The van der Waals surface area contributed by atoms with Gasteiger partial charge in [0.25, 0.3) is 0 Å². The van der Waals surface area contributed by atoms with Gasteiger partial charge in [-0.05, 0) is 25.7 Å². The van der Waals surface area contributed by atoms with Crippen molar-refractivity contribution in [3.8, 4) is 0 Å². The van der Waals surface area contributed by atoms with Crippen LogP contribution in [-0.2, 0) is 20.1 Å². The van der Waals surface area contributed by atoms with E-state index >= 15 is 0 Å². The van der Waals surface area contributed by atoms with Gasteiger partial charge in [-0.2, -0.15) is 0 Å². The van der Waals surface area contributed by atoms with Crippen molar-refractivity contribution in [3.05, 3.63) is 24.3 Å². The average molecular weight is 427 g/mol. The topological polar surface area (TPSA) is 0 Å². The molecule has 1 aliphatic carbocycles. The molecule has 1 rings (SSSR count). The number of halogens is 1. The van der Waals surface area contributed by atoms with Gasteiger partial charge in [-0.15, -0.1) is 0 Å². The number of rotatable bonds is 0. The van der Waals surface area contributed by atoms with E-state index in [4.69, 9.17) is 0 Å². The van der Waals surface area contributed by atoms with Crippen molar-refractivity contribution in [2.45, 2.75) is 25.7 Å². The molecule has 0 nitrogen and oxygen atoms in total. The zero-order valence-corrected chi connectivity index (χ0v) is 10.4. The first kappa shape index (κ1) is 13.4. The molecule has 0 atom stereocenters. The van der Waals surface area contributed by atoms with Gasteiger partial charge in [0.05, 0.1) is 0 Å². The largest absolute Gasteiger partial charge is 3.00 e. The number of allylic oxidation sites excluding steroid dienone is 4. The molecule has 0 bridgehead atoms. The molecule has 2 heteroatoms. The molecule has 0 aromatic heterocycles. The smallest absolute Gasteiger partial charge is 1.00 e. The Hall–Kier alpha value is 0.859. The maximum atomic E-state index is 2.23. The van der Waals surface area contributed by atoms with Crippen molar-refractivity contribution >= 4 is 0 Å². The minimum atomic E-state index is 0. The van der Waals surface area contributed by atoms with E-state index in [2.05, 4.69) is 24.3 Å². The van der Waals surface area contributed by atoms with E-state index < -0.39 is 0 Å². The molecule has 0 aliphatic heterocycles. The predicted octanol–water partition coefficient (Wildman–Crippen LogP) is -0.326. The van der Waals surface area contributed by atoms with Crippen LogP contribution in [0.1, 0.15) is 25.7 Å². The zero-order valence-electron chi connectivity index (χ0n) is 5.85. The van der Waals surface area contributed by atoms with Crippen molar-refractivity contribution in [1.82, 2.24) is 0 Å². The molecule has 0 heterocycles. The van der Waals surface area contributed by atoms with Gasteiger partial charge >= 0.3 is 20.1 Å². The Balaban J connectivity index is 0. The molecule has 1 aliphatic rings. The van der Waals surface area contributed by atoms with E-state index in [9.17, 15) is 0 Å². The molecule has 58 valence electrons. The third kappa shape index (κ3) is 6.97. The van der Waals surface area contributed by atoms with Crippen molar-refractivity contribution in [2.24, 2.45) is 0 Å². The van der Waals surface area contributed by atoms with Crippen LogP contribution in [0, 0.1) is 0 Å². The van der Waals surface area contributed by atoms with Gasteiger partial charge in [-0.3, -0.25) is 0 Å². The van der Waals surface area contributed by atoms with Crippen LogP contribution < -0.4 is 24.0 Å². The van der Waals surface area contributed by atoms with E-state index in [1.807, 2.05) is 0 Å². The van der Waals surface area contributed by atoms with Crippen LogP contribution in [0.25, 0.3) is 0 Å². The van der Waals surface area contributed by atoms with Crippen molar-refractivity contribution in [2.75, 3.05) is 0 Å². The molecule has 10 heavy (non-hydrogen) atoms. The number of hydrogen-bond acceptors (Lipinski definition) is 0. The summed E-state index contributed by atoms with van der Waals surface area (Å²) >= 11 is 0. The molecular formula is C8H12IIr+2. The van der Waals surface area contributed by atoms with Crippen molar-refractivity contribution in [1.29, 1.82) is 0 Å². The Bertz CT molecular complexity index is 93.8. The molecule has 0 saturated heterocycles. The Morgan fingerprint density at radius 3 is 1.60 bits per heavy atom. The Morgan fingerprint density at radius 1 is 0.800 bits per heavy atom. The van der Waals surface area contributed by atoms with Crippen LogP contribution >= 0.6 is 0 Å². The first-order valence-corrected chi connectivity index (χ1v) is 3.32. The van der Waals surface area contributed by atoms with Crippen LogP contribution in [0.15, 0.2) is 24.3 Å². The molecular weight excluding hydrogens is 415 g/mol. The molecule has 0 spiro atoms. The minimum absolute atomic E-state index is 0. The predicted molar refractivity (Wildman–Crippen MR) is 36.7 cm³/mol. The van der Waals surface area contributed by atoms with E-state index in [-0.39, 0.29) is 44.1 Å². The van der Waals surface area contributed by atoms with Crippen molar-refractivity contribution in [3.63, 3.8) is 0 Å². The summed E-state index contributed by atoms with van der Waals surface area (Å²) in [5.74, 6) is 0. The molecule has 0 N–H and O–H groups in total. The first-order valence-electron chi connectivity index (χ1n) is 3.32. The summed E-state index contributed by atoms with van der Waals surface area (Å²) in [5.41, 5.74) is 0. The Morgan fingerprint density at radius 2 is 1.20 bits per heavy atom. The fourth-order valence-electron chi connectivity index (χ4n) is 0.874. The van der Waals surface area contributed by atoms with Gasteiger partial charge in [-0.25, -0.2) is 0 Å². The van der Waals surface area contributed by atoms with Gasteiger partial charge in [0.2, 0.25) is 0 Å². The summed E-state index contributed by atoms with van der Waals surface area (Å²) in [6, 6.07) is 0. The fraction of sp³-hybridized carbons (Fsp3) is 0.500. The third-order valence-corrected chi connectivity index (χ3v) is 1.37. The van der Waals surface area contributed by atoms with Crippen LogP contribution in [-0.4, -0.2) is 0 Å². The fourth-order valence-corrected chi connectivity index (χ4v) is 0.874. The van der Waals surface area contributed by atoms with Crippen LogP contribution in [0.4, 0.5) is 0 Å². The summed E-state index contributed by atoms with van der Waals surface area (Å²) in [5, 5.41) is 0. The van der Waals surface area contributed by atoms with Gasteiger partial charge in [0, 0.05) is 0 Å². The quantitative estimate of drug-likeness (QED) is 0.465. The maximum Gasteiger partial charge on any atom is 3.00 e. The second-order valence-electron chi connectivity index (χ2n) is 2.14. The number of hydrogen-bond donors (Lipinski definition) is 0. The van der Waals surface area contributed by atoms with Gasteiger partial charge in [0.1, 0.15) is 0 Å². The van der Waals surface area contributed by atoms with Crippen LogP contribution in [0.5, 0.6) is 0 Å². The molecule has 0 fully saturated rings.